The van der Waals surface area contributed by atoms with E-state index in [9.17, 15) is 28.7 Å². The zero-order chi connectivity index (χ0) is 56.5. The molecule has 23 heteroatoms. The van der Waals surface area contributed by atoms with Crippen LogP contribution in [0.4, 0.5) is 0 Å². The van der Waals surface area contributed by atoms with Crippen LogP contribution in [0.3, 0.4) is 0 Å². The van der Waals surface area contributed by atoms with Gasteiger partial charge in [0.05, 0.1) is 26.4 Å². The largest absolute Gasteiger partial charge is 1.00 e. The summed E-state index contributed by atoms with van der Waals surface area (Å²) in [4.78, 5) is 76.3. The molecule has 0 aliphatic carbocycles. The Hall–Kier alpha value is -5.41. The standard InChI is InChI=1S/C17H18O3.C14H13.C12H14O6.C8H11O3P.C2H6O2.CO2.CH4O.3Li.HOP/c1-14-2-4-15(5-3-14)12-16-6-8-17(9-7-16)20-11-10-19-13-18;1-12-7-9-14(10-8-12)11-13-5-3-2-4-6-13;13-5-6-18-12(15)10-1-3-11(4-2-10)17-8-7-16-9-14;1-7-2-4-8(5-3-7)6-12(9,10)11;1-3-4-2;2-1-3;1-2;;;;1-2/h2-9,13H,10-12H2,1H3;3-10H,11H2,1H3;1-4,9,13H,5-8H2;2-5H,6H2,1H3,(H2,9,10,11);1-2H3;;2H,1H3;;;;2H/q;-1;;;;;;3*+1;/p-2. The smallest absolute Gasteiger partial charge is 0.810 e. The van der Waals surface area contributed by atoms with Gasteiger partial charge in [-0.15, -0.1) is 0 Å². The van der Waals surface area contributed by atoms with E-state index in [1.165, 1.54) is 47.6 Å². The molecule has 0 aliphatic heterocycles. The van der Waals surface area contributed by atoms with Gasteiger partial charge in [0.2, 0.25) is 0 Å². The number of hydrogen-bond acceptors (Lipinski definition) is 18. The molecule has 6 rings (SSSR count). The van der Waals surface area contributed by atoms with Gasteiger partial charge in [0.1, 0.15) is 53.7 Å². The number of esters is 1. The predicted octanol–water partition coefficient (Wildman–Crippen LogP) is -1.97. The average molecular weight is 1100 g/mol. The molecule has 0 bridgehead atoms. The van der Waals surface area contributed by atoms with Gasteiger partial charge < -0.3 is 48.2 Å². The maximum atomic E-state index is 11.4. The van der Waals surface area contributed by atoms with E-state index in [-0.39, 0.29) is 95.8 Å². The summed E-state index contributed by atoms with van der Waals surface area (Å²) in [6, 6.07) is 49.6. The molecule has 0 saturated heterocycles. The Morgan fingerprint density at radius 2 is 0.885 bits per heavy atom. The van der Waals surface area contributed by atoms with Crippen molar-refractivity contribution in [3.05, 3.63) is 202 Å². The number of carbonyl (C=O) groups excluding carboxylic acids is 5. The minimum atomic E-state index is -4.40. The maximum absolute atomic E-state index is 11.4. The topological polar surface area (TPSA) is 271 Å². The van der Waals surface area contributed by atoms with Crippen molar-refractivity contribution < 1.29 is 143 Å². The van der Waals surface area contributed by atoms with E-state index in [4.69, 9.17) is 38.6 Å². The van der Waals surface area contributed by atoms with Gasteiger partial charge in [-0.3, -0.25) is 14.2 Å². The second-order valence-corrected chi connectivity index (χ2v) is 16.1. The van der Waals surface area contributed by atoms with E-state index < -0.39 is 19.7 Å². The van der Waals surface area contributed by atoms with Crippen LogP contribution in [0, 0.1) is 26.8 Å². The van der Waals surface area contributed by atoms with Gasteiger partial charge in [0.25, 0.3) is 12.9 Å². The van der Waals surface area contributed by atoms with Crippen LogP contribution in [-0.4, -0.2) is 96.2 Å². The number of aryl methyl sites for hydroxylation is 3. The van der Waals surface area contributed by atoms with Gasteiger partial charge in [0, 0.05) is 13.3 Å². The molecule has 6 aromatic rings. The Kier molecular flexibility index (Phi) is 57.3. The van der Waals surface area contributed by atoms with Crippen LogP contribution in [0.1, 0.15) is 54.9 Å². The molecule has 0 aromatic heterocycles. The van der Waals surface area contributed by atoms with Crippen molar-refractivity contribution in [2.75, 3.05) is 61.0 Å². The van der Waals surface area contributed by atoms with Crippen molar-refractivity contribution >= 4 is 41.8 Å². The average Bonchev–Trinajstić information content (AvgIpc) is 3.43. The molecule has 0 fully saturated rings. The van der Waals surface area contributed by atoms with Gasteiger partial charge in [-0.1, -0.05) is 109 Å². The van der Waals surface area contributed by atoms with Gasteiger partial charge >= 0.3 is 68.7 Å². The molecule has 0 amide bonds. The normalized spacial score (nSPS) is 9.00. The maximum Gasteiger partial charge on any atom is 1.00 e. The first-order valence-corrected chi connectivity index (χ1v) is 24.5. The minimum absolute atomic E-state index is 0. The van der Waals surface area contributed by atoms with Crippen LogP contribution in [-0.2, 0) is 71.3 Å². The van der Waals surface area contributed by atoms with E-state index in [0.29, 0.717) is 36.4 Å². The Bertz CT molecular complexity index is 2430. The van der Waals surface area contributed by atoms with Crippen molar-refractivity contribution in [2.45, 2.75) is 39.8 Å². The number of hydrogen-bond donors (Lipinski definition) is 2. The molecule has 406 valence electrons. The van der Waals surface area contributed by atoms with Crippen LogP contribution >= 0.6 is 16.7 Å². The Balaban J connectivity index is -0.000000285. The van der Waals surface area contributed by atoms with Crippen molar-refractivity contribution in [1.82, 2.24) is 0 Å². The van der Waals surface area contributed by atoms with Crippen molar-refractivity contribution in [2.24, 2.45) is 0 Å². The van der Waals surface area contributed by atoms with Crippen molar-refractivity contribution in [3.8, 4) is 11.5 Å². The molecule has 0 saturated carbocycles. The molecule has 0 radical (unpaired) electrons. The van der Waals surface area contributed by atoms with Gasteiger partial charge in [0.15, 0.2) is 0 Å². The number of aliphatic hydroxyl groups excluding tert-OH is 2. The minimum Gasteiger partial charge on any atom is -0.810 e. The van der Waals surface area contributed by atoms with E-state index in [1.807, 2.05) is 31.2 Å². The Labute approximate surface area is 495 Å². The molecule has 18 nitrogen and oxygen atoms in total. The van der Waals surface area contributed by atoms with Gasteiger partial charge in [-0.25, -0.2) is 14.6 Å². The summed E-state index contributed by atoms with van der Waals surface area (Å²) in [6.07, 6.45) is 1.77. The molecular weight excluding hydrogens is 1030 g/mol. The number of rotatable bonds is 20. The third-order valence-electron chi connectivity index (χ3n) is 8.92. The van der Waals surface area contributed by atoms with Gasteiger partial charge in [-0.2, -0.15) is 45.5 Å². The van der Waals surface area contributed by atoms with E-state index in [0.717, 1.165) is 31.3 Å². The fourth-order valence-electron chi connectivity index (χ4n) is 5.46. The van der Waals surface area contributed by atoms with E-state index in [2.05, 4.69) is 112 Å². The Morgan fingerprint density at radius 3 is 1.21 bits per heavy atom. The first kappa shape index (κ1) is 81.4. The summed E-state index contributed by atoms with van der Waals surface area (Å²) >= 11 is 0. The summed E-state index contributed by atoms with van der Waals surface area (Å²) in [6.45, 7) is 7.70. The molecule has 0 atom stereocenters. The van der Waals surface area contributed by atoms with E-state index in [1.54, 1.807) is 57.7 Å². The summed E-state index contributed by atoms with van der Waals surface area (Å²) < 4.78 is 42.9. The number of ether oxygens (including phenoxy) is 5. The summed E-state index contributed by atoms with van der Waals surface area (Å²) in [5.74, 6) is 0.843. The molecule has 2 N–H and O–H groups in total. The summed E-state index contributed by atoms with van der Waals surface area (Å²) in [5, 5.41) is 15.5. The van der Waals surface area contributed by atoms with Crippen LogP contribution in [0.15, 0.2) is 146 Å². The Morgan fingerprint density at radius 1 is 0.564 bits per heavy atom. The number of benzene rings is 6. The van der Waals surface area contributed by atoms with Crippen LogP contribution in [0.5, 0.6) is 11.5 Å². The second kappa shape index (κ2) is 54.9. The van der Waals surface area contributed by atoms with Crippen molar-refractivity contribution in [3.63, 3.8) is 0 Å². The summed E-state index contributed by atoms with van der Waals surface area (Å²) in [7, 11) is 1.24. The molecule has 0 heterocycles. The fraction of sp³-hybridized carbons (Fsp3) is 0.273. The second-order valence-electron chi connectivity index (χ2n) is 14.6. The number of carbonyl (C=O) groups is 3. The first-order chi connectivity index (χ1) is 36.2. The van der Waals surface area contributed by atoms with E-state index >= 15 is 0 Å². The SMILES string of the molecule is CO.COOC.Cc1ccc(CP(=O)([O-])[O-])cc1.Cc1ccc(Cc2cc[c-]cc2)cc1.Cc1ccc(Cc2ccc(OCCOC=O)cc2)cc1.O=C=O.O=COCCOc1ccc(C(=O)OCCO)cc1.O=P.[Li+].[Li+].[Li+]. The fourth-order valence-corrected chi connectivity index (χ4v) is 6.12. The van der Waals surface area contributed by atoms with Crippen LogP contribution in [0.25, 0.3) is 0 Å². The molecule has 0 unspecified atom stereocenters. The third-order valence-corrected chi connectivity index (χ3v) is 9.67. The predicted molar refractivity (Wildman–Crippen MR) is 277 cm³/mol. The quantitative estimate of drug-likeness (QED) is 0.00966. The zero-order valence-corrected chi connectivity index (χ0v) is 47.6. The van der Waals surface area contributed by atoms with Crippen LogP contribution in [0.2, 0.25) is 0 Å². The molecule has 6 aromatic carbocycles. The van der Waals surface area contributed by atoms with Crippen LogP contribution < -0.4 is 75.8 Å². The monoisotopic (exact) mass is 1100 g/mol. The van der Waals surface area contributed by atoms with Crippen molar-refractivity contribution in [1.29, 1.82) is 0 Å². The zero-order valence-electron chi connectivity index (χ0n) is 45.7. The summed E-state index contributed by atoms with van der Waals surface area (Å²) in [5.41, 5.74) is 9.80. The third kappa shape index (κ3) is 45.6. The molecule has 78 heavy (non-hydrogen) atoms. The molecule has 0 spiro atoms. The molecule has 0 aliphatic rings. The van der Waals surface area contributed by atoms with Gasteiger partial charge in [-0.05, 0) is 92.3 Å². The number of aliphatic hydroxyl groups is 2. The first-order valence-electron chi connectivity index (χ1n) is 22.4. The molecular formula is C55H65Li3O18P2.